The molecular formula is C13H16N2S. The molecule has 2 N–H and O–H groups in total. The van der Waals surface area contributed by atoms with Gasteiger partial charge in [-0.05, 0) is 48.9 Å². The molecule has 1 atom stereocenters. The third-order valence-corrected chi connectivity index (χ3v) is 3.54. The van der Waals surface area contributed by atoms with E-state index in [2.05, 4.69) is 36.3 Å². The topological polar surface area (TPSA) is 38.9 Å². The lowest BCUT2D eigenvalue weighted by Gasteiger charge is -2.12. The van der Waals surface area contributed by atoms with Crippen molar-refractivity contribution in [3.63, 3.8) is 0 Å². The molecule has 1 unspecified atom stereocenters. The van der Waals surface area contributed by atoms with Crippen molar-refractivity contribution >= 4 is 11.3 Å². The fourth-order valence-corrected chi connectivity index (χ4v) is 2.58. The summed E-state index contributed by atoms with van der Waals surface area (Å²) >= 11 is 1.73. The first-order valence-electron chi connectivity index (χ1n) is 5.31. The van der Waals surface area contributed by atoms with E-state index in [1.54, 1.807) is 11.3 Å². The highest BCUT2D eigenvalue weighted by molar-refractivity contribution is 7.10. The number of aryl methyl sites for hydroxylation is 3. The van der Waals surface area contributed by atoms with E-state index in [4.69, 9.17) is 5.73 Å². The molecule has 0 spiro atoms. The quantitative estimate of drug-likeness (QED) is 0.864. The monoisotopic (exact) mass is 232 g/mol. The van der Waals surface area contributed by atoms with Gasteiger partial charge in [0.15, 0.2) is 0 Å². The summed E-state index contributed by atoms with van der Waals surface area (Å²) in [6.45, 7) is 6.20. The fourth-order valence-electron chi connectivity index (χ4n) is 1.84. The van der Waals surface area contributed by atoms with Gasteiger partial charge < -0.3 is 5.73 Å². The number of aromatic nitrogens is 1. The van der Waals surface area contributed by atoms with Gasteiger partial charge in [0.25, 0.3) is 0 Å². The molecule has 0 aromatic carbocycles. The lowest BCUT2D eigenvalue weighted by Crippen LogP contribution is -2.14. The van der Waals surface area contributed by atoms with Gasteiger partial charge in [0.2, 0.25) is 0 Å². The van der Waals surface area contributed by atoms with E-state index in [1.807, 2.05) is 13.1 Å². The zero-order valence-electron chi connectivity index (χ0n) is 9.82. The highest BCUT2D eigenvalue weighted by Crippen LogP contribution is 2.25. The van der Waals surface area contributed by atoms with Gasteiger partial charge in [0, 0.05) is 11.1 Å². The van der Waals surface area contributed by atoms with Crippen LogP contribution in [0.1, 0.15) is 33.3 Å². The molecule has 2 heterocycles. The Balaban J connectivity index is 2.37. The van der Waals surface area contributed by atoms with Crippen molar-refractivity contribution < 1.29 is 0 Å². The minimum absolute atomic E-state index is 0.106. The van der Waals surface area contributed by atoms with Gasteiger partial charge in [-0.2, -0.15) is 0 Å². The van der Waals surface area contributed by atoms with Crippen molar-refractivity contribution in [1.29, 1.82) is 0 Å². The zero-order chi connectivity index (χ0) is 11.7. The van der Waals surface area contributed by atoms with Crippen LogP contribution in [0.3, 0.4) is 0 Å². The minimum atomic E-state index is -0.106. The molecule has 3 heteroatoms. The maximum Gasteiger partial charge on any atom is 0.0737 e. The molecule has 2 rings (SSSR count). The molecule has 2 aromatic rings. The van der Waals surface area contributed by atoms with Gasteiger partial charge in [-0.25, -0.2) is 0 Å². The average molecular weight is 232 g/mol. The molecule has 0 bridgehead atoms. The van der Waals surface area contributed by atoms with Gasteiger partial charge >= 0.3 is 0 Å². The van der Waals surface area contributed by atoms with E-state index >= 15 is 0 Å². The maximum absolute atomic E-state index is 6.22. The van der Waals surface area contributed by atoms with Gasteiger partial charge in [-0.1, -0.05) is 6.07 Å². The Morgan fingerprint density at radius 2 is 2.00 bits per heavy atom. The summed E-state index contributed by atoms with van der Waals surface area (Å²) in [7, 11) is 0. The summed E-state index contributed by atoms with van der Waals surface area (Å²) in [4.78, 5) is 5.73. The SMILES string of the molecule is Cc1cnc(C(N)c2csc(C)c2)c(C)c1. The molecule has 2 nitrogen and oxygen atoms in total. The van der Waals surface area contributed by atoms with Crippen molar-refractivity contribution in [2.75, 3.05) is 0 Å². The van der Waals surface area contributed by atoms with Gasteiger partial charge in [-0.15, -0.1) is 11.3 Å². The Hall–Kier alpha value is -1.19. The largest absolute Gasteiger partial charge is 0.319 e. The predicted octanol–water partition coefficient (Wildman–Crippen LogP) is 3.12. The van der Waals surface area contributed by atoms with Crippen LogP contribution in [0.2, 0.25) is 0 Å². The summed E-state index contributed by atoms with van der Waals surface area (Å²) in [5.74, 6) is 0. The van der Waals surface area contributed by atoms with E-state index in [0.29, 0.717) is 0 Å². The average Bonchev–Trinajstić information content (AvgIpc) is 2.64. The molecule has 0 aliphatic heterocycles. The summed E-state index contributed by atoms with van der Waals surface area (Å²) in [6.07, 6.45) is 1.88. The molecule has 0 saturated heterocycles. The molecule has 0 aliphatic carbocycles. The Morgan fingerprint density at radius 1 is 1.25 bits per heavy atom. The number of pyridine rings is 1. The third-order valence-electron chi connectivity index (χ3n) is 2.66. The maximum atomic E-state index is 6.22. The Morgan fingerprint density at radius 3 is 2.56 bits per heavy atom. The number of hydrogen-bond acceptors (Lipinski definition) is 3. The zero-order valence-corrected chi connectivity index (χ0v) is 10.6. The van der Waals surface area contributed by atoms with Crippen LogP contribution in [0, 0.1) is 20.8 Å². The van der Waals surface area contributed by atoms with Crippen molar-refractivity contribution in [1.82, 2.24) is 4.98 Å². The smallest absolute Gasteiger partial charge is 0.0737 e. The molecule has 0 aliphatic rings. The van der Waals surface area contributed by atoms with Crippen LogP contribution in [-0.2, 0) is 0 Å². The summed E-state index contributed by atoms with van der Waals surface area (Å²) in [6, 6.07) is 4.16. The lowest BCUT2D eigenvalue weighted by molar-refractivity contribution is 0.819. The predicted molar refractivity (Wildman–Crippen MR) is 68.8 cm³/mol. The lowest BCUT2D eigenvalue weighted by atomic mass is 10.0. The highest BCUT2D eigenvalue weighted by Gasteiger charge is 2.13. The van der Waals surface area contributed by atoms with Crippen LogP contribution in [0.4, 0.5) is 0 Å². The normalized spacial score (nSPS) is 12.8. The van der Waals surface area contributed by atoms with Gasteiger partial charge in [0.1, 0.15) is 0 Å². The molecule has 0 amide bonds. The van der Waals surface area contributed by atoms with E-state index in [0.717, 1.165) is 16.8 Å². The Labute approximate surface area is 100 Å². The van der Waals surface area contributed by atoms with E-state index in [9.17, 15) is 0 Å². The first kappa shape index (κ1) is 11.3. The van der Waals surface area contributed by atoms with Crippen molar-refractivity contribution in [2.24, 2.45) is 5.73 Å². The van der Waals surface area contributed by atoms with Crippen molar-refractivity contribution in [3.8, 4) is 0 Å². The third kappa shape index (κ3) is 2.15. The van der Waals surface area contributed by atoms with Crippen LogP contribution in [0.15, 0.2) is 23.7 Å². The molecule has 0 fully saturated rings. The number of nitrogens with two attached hydrogens (primary N) is 1. The number of nitrogens with zero attached hydrogens (tertiary/aromatic N) is 1. The van der Waals surface area contributed by atoms with Crippen LogP contribution in [-0.4, -0.2) is 4.98 Å². The van der Waals surface area contributed by atoms with E-state index in [-0.39, 0.29) is 6.04 Å². The summed E-state index contributed by atoms with van der Waals surface area (Å²) in [5.41, 5.74) is 10.7. The Kier molecular flexibility index (Phi) is 3.08. The second-order valence-corrected chi connectivity index (χ2v) is 5.30. The first-order valence-corrected chi connectivity index (χ1v) is 6.19. The fraction of sp³-hybridized carbons (Fsp3) is 0.308. The van der Waals surface area contributed by atoms with Gasteiger partial charge in [-0.3, -0.25) is 4.98 Å². The summed E-state index contributed by atoms with van der Waals surface area (Å²) < 4.78 is 0. The van der Waals surface area contributed by atoms with Crippen molar-refractivity contribution in [2.45, 2.75) is 26.8 Å². The molecule has 2 aromatic heterocycles. The minimum Gasteiger partial charge on any atom is -0.319 e. The standard InChI is InChI=1S/C13H16N2S/c1-8-4-9(2)13(15-6-8)12(14)11-5-10(3)16-7-11/h4-7,12H,14H2,1-3H3. The second kappa shape index (κ2) is 4.36. The number of thiophene rings is 1. The molecule has 0 radical (unpaired) electrons. The van der Waals surface area contributed by atoms with Gasteiger partial charge in [0.05, 0.1) is 11.7 Å². The second-order valence-electron chi connectivity index (χ2n) is 4.18. The molecular weight excluding hydrogens is 216 g/mol. The van der Waals surface area contributed by atoms with E-state index in [1.165, 1.54) is 10.4 Å². The molecule has 0 saturated carbocycles. The first-order chi connectivity index (χ1) is 7.58. The molecule has 84 valence electrons. The number of rotatable bonds is 2. The number of hydrogen-bond donors (Lipinski definition) is 1. The molecule has 16 heavy (non-hydrogen) atoms. The van der Waals surface area contributed by atoms with Crippen LogP contribution >= 0.6 is 11.3 Å². The van der Waals surface area contributed by atoms with Crippen molar-refractivity contribution in [3.05, 3.63) is 51.0 Å². The summed E-state index contributed by atoms with van der Waals surface area (Å²) in [5, 5.41) is 2.11. The van der Waals surface area contributed by atoms with Crippen LogP contribution in [0.25, 0.3) is 0 Å². The van der Waals surface area contributed by atoms with Crippen LogP contribution in [0.5, 0.6) is 0 Å². The van der Waals surface area contributed by atoms with E-state index < -0.39 is 0 Å². The Bertz CT molecular complexity index is 502. The van der Waals surface area contributed by atoms with Crippen LogP contribution < -0.4 is 5.73 Å². The highest BCUT2D eigenvalue weighted by atomic mass is 32.1.